The van der Waals surface area contributed by atoms with Crippen LogP contribution in [0.2, 0.25) is 0 Å². The number of sulfone groups is 1. The van der Waals surface area contributed by atoms with Crippen molar-refractivity contribution in [1.29, 1.82) is 0 Å². The van der Waals surface area contributed by atoms with Crippen LogP contribution in [0.25, 0.3) is 10.8 Å². The second-order valence-electron chi connectivity index (χ2n) is 10.5. The van der Waals surface area contributed by atoms with E-state index in [-0.39, 0.29) is 24.0 Å². The van der Waals surface area contributed by atoms with E-state index in [0.29, 0.717) is 50.2 Å². The molecule has 4 heterocycles. The second-order valence-corrected chi connectivity index (χ2v) is 12.9. The van der Waals surface area contributed by atoms with Crippen LogP contribution < -0.4 is 19.9 Å². The molecule has 210 valence electrons. The number of halogens is 1. The van der Waals surface area contributed by atoms with Crippen LogP contribution >= 0.6 is 0 Å². The van der Waals surface area contributed by atoms with Crippen LogP contribution in [-0.4, -0.2) is 84.5 Å². The van der Waals surface area contributed by atoms with E-state index in [1.807, 2.05) is 25.1 Å². The summed E-state index contributed by atoms with van der Waals surface area (Å²) in [7, 11) is -3.01. The molecule has 0 unspecified atom stereocenters. The Hall–Kier alpha value is -3.25. The van der Waals surface area contributed by atoms with Crippen molar-refractivity contribution in [1.82, 2.24) is 15.0 Å². The number of ether oxygens (including phenoxy) is 1. The molecule has 12 heteroatoms. The predicted molar refractivity (Wildman–Crippen MR) is 151 cm³/mol. The van der Waals surface area contributed by atoms with Gasteiger partial charge in [-0.05, 0) is 44.5 Å². The van der Waals surface area contributed by atoms with E-state index < -0.39 is 21.6 Å². The summed E-state index contributed by atoms with van der Waals surface area (Å²) in [5, 5.41) is 15.0. The van der Waals surface area contributed by atoms with Gasteiger partial charge in [0.15, 0.2) is 5.67 Å². The molecule has 2 aliphatic heterocycles. The third-order valence-electron chi connectivity index (χ3n) is 7.41. The number of fused-ring (bicyclic) bond motifs is 1. The number of nitrogens with one attached hydrogen (secondary N) is 1. The van der Waals surface area contributed by atoms with Crippen LogP contribution in [0.3, 0.4) is 0 Å². The summed E-state index contributed by atoms with van der Waals surface area (Å²) in [6.45, 7) is 7.34. The molecule has 0 aliphatic carbocycles. The molecule has 2 aromatic heterocycles. The fourth-order valence-corrected chi connectivity index (χ4v) is 6.35. The molecular weight excluding hydrogens is 523 g/mol. The smallest absolute Gasteiger partial charge is 0.227 e. The third-order valence-corrected chi connectivity index (χ3v) is 9.27. The third kappa shape index (κ3) is 5.86. The monoisotopic (exact) mass is 558 g/mol. The van der Waals surface area contributed by atoms with Crippen LogP contribution in [0.15, 0.2) is 36.7 Å². The lowest BCUT2D eigenvalue weighted by Crippen LogP contribution is -2.52. The lowest BCUT2D eigenvalue weighted by molar-refractivity contribution is -0.00860. The molecule has 2 atom stereocenters. The van der Waals surface area contributed by atoms with Gasteiger partial charge in [-0.1, -0.05) is 6.92 Å². The topological polar surface area (TPSA) is 121 Å². The van der Waals surface area contributed by atoms with Gasteiger partial charge in [0.25, 0.3) is 0 Å². The summed E-state index contributed by atoms with van der Waals surface area (Å²) in [6, 6.07) is 7.55. The maximum absolute atomic E-state index is 14.7. The van der Waals surface area contributed by atoms with Gasteiger partial charge in [-0.2, -0.15) is 4.98 Å². The SMILES string of the molecule is CCOc1ccc(N2CC(CS(=O)(=O)CC)C2)c2cnc(Nc3ccnc(N4CC[C@@H](O)[C@@](C)(F)C4)n3)cc12. The number of piperidine rings is 1. The fraction of sp³-hybridized carbons (Fsp3) is 0.519. The molecule has 1 aromatic carbocycles. The van der Waals surface area contributed by atoms with Crippen molar-refractivity contribution in [3.8, 4) is 5.75 Å². The lowest BCUT2D eigenvalue weighted by atomic mass is 9.94. The van der Waals surface area contributed by atoms with Gasteiger partial charge in [0.05, 0.1) is 25.0 Å². The zero-order chi connectivity index (χ0) is 27.8. The number of alkyl halides is 1. The number of aliphatic hydroxyl groups is 1. The number of aromatic nitrogens is 3. The molecular formula is C27H35FN6O4S. The summed E-state index contributed by atoms with van der Waals surface area (Å²) in [5.41, 5.74) is -0.748. The normalized spacial score (nSPS) is 22.1. The molecule has 10 nitrogen and oxygen atoms in total. The number of hydrogen-bond donors (Lipinski definition) is 2. The summed E-state index contributed by atoms with van der Waals surface area (Å²) in [4.78, 5) is 17.4. The van der Waals surface area contributed by atoms with Crippen molar-refractivity contribution in [3.63, 3.8) is 0 Å². The Kier molecular flexibility index (Phi) is 7.51. The molecule has 0 saturated carbocycles. The van der Waals surface area contributed by atoms with Crippen molar-refractivity contribution in [3.05, 3.63) is 36.7 Å². The first-order valence-electron chi connectivity index (χ1n) is 13.3. The van der Waals surface area contributed by atoms with Gasteiger partial charge >= 0.3 is 0 Å². The van der Waals surface area contributed by atoms with Crippen LogP contribution in [0.4, 0.5) is 27.7 Å². The molecule has 3 aromatic rings. The highest BCUT2D eigenvalue weighted by molar-refractivity contribution is 7.91. The largest absolute Gasteiger partial charge is 0.493 e. The number of nitrogens with zero attached hydrogens (tertiary/aromatic N) is 5. The maximum Gasteiger partial charge on any atom is 0.227 e. The first-order valence-corrected chi connectivity index (χ1v) is 15.1. The number of benzene rings is 1. The van der Waals surface area contributed by atoms with Gasteiger partial charge in [-0.25, -0.2) is 22.8 Å². The van der Waals surface area contributed by atoms with Gasteiger partial charge in [0.1, 0.15) is 27.2 Å². The quantitative estimate of drug-likeness (QED) is 0.405. The van der Waals surface area contributed by atoms with E-state index in [0.717, 1.165) is 22.2 Å². The summed E-state index contributed by atoms with van der Waals surface area (Å²) in [6.07, 6.45) is 2.69. The summed E-state index contributed by atoms with van der Waals surface area (Å²) in [5.74, 6) is 2.68. The first-order chi connectivity index (χ1) is 18.6. The average molecular weight is 559 g/mol. The highest BCUT2D eigenvalue weighted by Crippen LogP contribution is 2.38. The molecule has 2 saturated heterocycles. The van der Waals surface area contributed by atoms with Crippen LogP contribution in [0.1, 0.15) is 27.2 Å². The van der Waals surface area contributed by atoms with Crippen LogP contribution in [-0.2, 0) is 9.84 Å². The van der Waals surface area contributed by atoms with Gasteiger partial charge in [0, 0.05) is 60.2 Å². The Morgan fingerprint density at radius 3 is 2.67 bits per heavy atom. The van der Waals surface area contributed by atoms with E-state index in [1.165, 1.54) is 6.92 Å². The van der Waals surface area contributed by atoms with E-state index in [2.05, 4.69) is 25.2 Å². The average Bonchev–Trinajstić information content (AvgIpc) is 2.88. The zero-order valence-corrected chi connectivity index (χ0v) is 23.3. The van der Waals surface area contributed by atoms with E-state index in [9.17, 15) is 17.9 Å². The first kappa shape index (κ1) is 27.3. The Balaban J connectivity index is 1.37. The van der Waals surface area contributed by atoms with Gasteiger partial charge in [-0.15, -0.1) is 0 Å². The maximum atomic E-state index is 14.7. The molecule has 0 radical (unpaired) electrons. The number of pyridine rings is 1. The van der Waals surface area contributed by atoms with Crippen molar-refractivity contribution < 1.29 is 22.7 Å². The Labute approximate surface area is 228 Å². The zero-order valence-electron chi connectivity index (χ0n) is 22.5. The van der Waals surface area contributed by atoms with Gasteiger partial charge in [-0.3, -0.25) is 0 Å². The molecule has 0 bridgehead atoms. The Morgan fingerprint density at radius 1 is 1.15 bits per heavy atom. The number of hydrogen-bond acceptors (Lipinski definition) is 10. The minimum Gasteiger partial charge on any atom is -0.493 e. The van der Waals surface area contributed by atoms with E-state index >= 15 is 0 Å². The van der Waals surface area contributed by atoms with Gasteiger partial charge < -0.3 is 25.0 Å². The highest BCUT2D eigenvalue weighted by Gasteiger charge is 2.39. The van der Waals surface area contributed by atoms with Crippen molar-refractivity contribution in [2.24, 2.45) is 5.92 Å². The summed E-state index contributed by atoms with van der Waals surface area (Å²) >= 11 is 0. The summed E-state index contributed by atoms with van der Waals surface area (Å²) < 4.78 is 44.7. The molecule has 5 rings (SSSR count). The predicted octanol–water partition coefficient (Wildman–Crippen LogP) is 3.34. The minimum atomic E-state index is -3.01. The van der Waals surface area contributed by atoms with E-state index in [1.54, 1.807) is 30.3 Å². The molecule has 2 aliphatic rings. The second kappa shape index (κ2) is 10.7. The van der Waals surface area contributed by atoms with Crippen LogP contribution in [0, 0.1) is 5.92 Å². The molecule has 39 heavy (non-hydrogen) atoms. The fourth-order valence-electron chi connectivity index (χ4n) is 5.18. The number of aliphatic hydroxyl groups excluding tert-OH is 1. The van der Waals surface area contributed by atoms with Crippen LogP contribution in [0.5, 0.6) is 5.75 Å². The van der Waals surface area contributed by atoms with E-state index in [4.69, 9.17) is 4.74 Å². The van der Waals surface area contributed by atoms with Gasteiger partial charge in [0.2, 0.25) is 5.95 Å². The number of rotatable bonds is 9. The Morgan fingerprint density at radius 2 is 1.95 bits per heavy atom. The van der Waals surface area contributed by atoms with Crippen molar-refractivity contribution in [2.75, 3.05) is 59.4 Å². The molecule has 0 spiro atoms. The molecule has 0 amide bonds. The van der Waals surface area contributed by atoms with Crippen molar-refractivity contribution >= 4 is 43.9 Å². The van der Waals surface area contributed by atoms with Crippen molar-refractivity contribution in [2.45, 2.75) is 39.0 Å². The number of anilines is 4. The standard InChI is InChI=1S/C27H35FN6O4S/c1-4-38-22-7-6-21(34-14-18(15-34)16-39(36,37)5-2)20-13-30-25(12-19(20)22)31-24-8-10-29-26(32-24)33-11-9-23(35)27(3,28)17-33/h6-8,10,12-13,18,23,35H,4-5,9,11,14-17H2,1-3H3,(H,29,30,31,32)/t23-,27+/m1/s1. The highest BCUT2D eigenvalue weighted by atomic mass is 32.2. The lowest BCUT2D eigenvalue weighted by Gasteiger charge is -2.41. The minimum absolute atomic E-state index is 0.00801. The Bertz CT molecular complexity index is 1450. The molecule has 2 N–H and O–H groups in total. The molecule has 2 fully saturated rings.